The Morgan fingerprint density at radius 3 is 2.29 bits per heavy atom. The molecule has 2 saturated heterocycles. The van der Waals surface area contributed by atoms with Crippen LogP contribution in [-0.4, -0.2) is 90.5 Å². The van der Waals surface area contributed by atoms with Crippen molar-refractivity contribution < 1.29 is 32.3 Å². The molecule has 0 spiro atoms. The Morgan fingerprint density at radius 1 is 1.02 bits per heavy atom. The van der Waals surface area contributed by atoms with Crippen LogP contribution in [0.4, 0.5) is 17.6 Å². The monoisotopic (exact) mass is 577 g/mol. The number of carbonyl (C=O) groups excluding carboxylic acids is 2. The number of piperidine rings is 1. The van der Waals surface area contributed by atoms with Crippen molar-refractivity contribution in [2.24, 2.45) is 11.8 Å². The number of Topliss-reactive ketones (excluding diaryl/α,β-unsaturated/α-hetero) is 1. The van der Waals surface area contributed by atoms with Crippen LogP contribution >= 0.6 is 0 Å². The second-order valence-electron chi connectivity index (χ2n) is 11.5. The molecule has 0 aliphatic carbocycles. The summed E-state index contributed by atoms with van der Waals surface area (Å²) >= 11 is 0. The Hall–Kier alpha value is -2.98. The highest BCUT2D eigenvalue weighted by atomic mass is 19.4. The summed E-state index contributed by atoms with van der Waals surface area (Å²) in [5.74, 6) is -5.57. The van der Waals surface area contributed by atoms with Crippen molar-refractivity contribution in [2.75, 3.05) is 46.8 Å². The maximum atomic E-state index is 15.1. The average Bonchev–Trinajstić information content (AvgIpc) is 3.46. The molecule has 4 rings (SSSR count). The third kappa shape index (κ3) is 6.92. The Morgan fingerprint density at radius 2 is 1.68 bits per heavy atom. The van der Waals surface area contributed by atoms with Gasteiger partial charge in [-0.25, -0.2) is 4.39 Å². The van der Waals surface area contributed by atoms with Crippen LogP contribution in [0.2, 0.25) is 0 Å². The highest BCUT2D eigenvalue weighted by Gasteiger charge is 2.60. The number of halogens is 4. The minimum atomic E-state index is -4.76. The van der Waals surface area contributed by atoms with Crippen LogP contribution in [0.25, 0.3) is 0 Å². The van der Waals surface area contributed by atoms with E-state index < -0.39 is 47.5 Å². The molecule has 224 valence electrons. The van der Waals surface area contributed by atoms with Crippen LogP contribution in [0, 0.1) is 24.6 Å². The molecule has 2 aromatic carbocycles. The Kier molecular flexibility index (Phi) is 9.74. The summed E-state index contributed by atoms with van der Waals surface area (Å²) in [6.45, 7) is 2.73. The molecule has 4 atom stereocenters. The van der Waals surface area contributed by atoms with Gasteiger partial charge >= 0.3 is 6.18 Å². The van der Waals surface area contributed by atoms with E-state index in [1.807, 2.05) is 19.0 Å². The van der Waals surface area contributed by atoms with Crippen molar-refractivity contribution in [3.05, 3.63) is 65.0 Å². The minimum Gasteiger partial charge on any atom is -0.508 e. The number of likely N-dealkylation sites (tertiary alicyclic amines) is 2. The number of nitrogens with zero attached hydrogens (tertiary/aromatic N) is 3. The quantitative estimate of drug-likeness (QED) is 0.251. The molecule has 1 N–H and O–H groups in total. The lowest BCUT2D eigenvalue weighted by Gasteiger charge is -2.50. The zero-order chi connectivity index (χ0) is 29.9. The van der Waals surface area contributed by atoms with E-state index in [2.05, 4.69) is 0 Å². The molecule has 2 aromatic rings. The molecule has 41 heavy (non-hydrogen) atoms. The number of benzene rings is 2. The number of rotatable bonds is 9. The summed E-state index contributed by atoms with van der Waals surface area (Å²) in [5.41, 5.74) is 0.610. The summed E-state index contributed by atoms with van der Waals surface area (Å²) in [5, 5.41) is 9.77. The number of aromatic hydroxyl groups is 1. The van der Waals surface area contributed by atoms with Crippen molar-refractivity contribution in [2.45, 2.75) is 50.7 Å². The molecule has 2 aliphatic heterocycles. The third-order valence-corrected chi connectivity index (χ3v) is 8.48. The van der Waals surface area contributed by atoms with Crippen LogP contribution in [0.3, 0.4) is 0 Å². The highest BCUT2D eigenvalue weighted by molar-refractivity contribution is 5.99. The van der Waals surface area contributed by atoms with Crippen molar-refractivity contribution in [3.63, 3.8) is 0 Å². The lowest BCUT2D eigenvalue weighted by atomic mass is 9.66. The van der Waals surface area contributed by atoms with Gasteiger partial charge in [0.25, 0.3) is 0 Å². The molecule has 0 radical (unpaired) electrons. The van der Waals surface area contributed by atoms with E-state index in [0.29, 0.717) is 45.3 Å². The van der Waals surface area contributed by atoms with E-state index in [4.69, 9.17) is 0 Å². The average molecular weight is 578 g/mol. The molecule has 2 aliphatic rings. The fourth-order valence-corrected chi connectivity index (χ4v) is 6.46. The van der Waals surface area contributed by atoms with Gasteiger partial charge in [0.05, 0.1) is 5.92 Å². The van der Waals surface area contributed by atoms with Gasteiger partial charge in [-0.2, -0.15) is 13.2 Å². The number of ketones is 1. The molecule has 2 fully saturated rings. The van der Waals surface area contributed by atoms with Crippen LogP contribution in [-0.2, 0) is 4.79 Å². The fourth-order valence-electron chi connectivity index (χ4n) is 6.46. The largest absolute Gasteiger partial charge is 0.508 e. The minimum absolute atomic E-state index is 0.0514. The van der Waals surface area contributed by atoms with Gasteiger partial charge in [0.15, 0.2) is 5.78 Å². The fraction of sp³-hybridized carbons (Fsp3) is 0.548. The van der Waals surface area contributed by atoms with Crippen LogP contribution in [0.5, 0.6) is 5.75 Å². The first-order chi connectivity index (χ1) is 19.4. The maximum Gasteiger partial charge on any atom is 0.404 e. The number of phenols is 1. The van der Waals surface area contributed by atoms with Gasteiger partial charge < -0.3 is 14.9 Å². The van der Waals surface area contributed by atoms with Gasteiger partial charge in [0.2, 0.25) is 5.91 Å². The van der Waals surface area contributed by atoms with E-state index >= 15 is 13.2 Å². The van der Waals surface area contributed by atoms with Gasteiger partial charge in [-0.05, 0) is 101 Å². The van der Waals surface area contributed by atoms with Crippen molar-refractivity contribution >= 4 is 11.7 Å². The first-order valence-electron chi connectivity index (χ1n) is 14.2. The molecule has 6 nitrogen and oxygen atoms in total. The Balaban J connectivity index is 1.87. The first-order valence-corrected chi connectivity index (χ1v) is 14.2. The topological polar surface area (TPSA) is 64.1 Å². The zero-order valence-electron chi connectivity index (χ0n) is 23.8. The van der Waals surface area contributed by atoms with Gasteiger partial charge in [0.1, 0.15) is 17.6 Å². The predicted molar refractivity (Wildman–Crippen MR) is 148 cm³/mol. The maximum absolute atomic E-state index is 15.1. The number of phenolic OH excluding ortho intramolecular Hbond substituents is 1. The summed E-state index contributed by atoms with van der Waals surface area (Å²) < 4.78 is 60.1. The molecule has 0 bridgehead atoms. The number of alkyl halides is 3. The van der Waals surface area contributed by atoms with Crippen LogP contribution in [0.15, 0.2) is 42.5 Å². The van der Waals surface area contributed by atoms with Crippen molar-refractivity contribution in [1.82, 2.24) is 14.7 Å². The van der Waals surface area contributed by atoms with E-state index in [-0.39, 0.29) is 35.5 Å². The molecule has 10 heteroatoms. The normalized spacial score (nSPS) is 23.8. The molecule has 1 amide bonds. The first kappa shape index (κ1) is 31.0. The number of amides is 1. The second kappa shape index (κ2) is 12.9. The zero-order valence-corrected chi connectivity index (χ0v) is 23.8. The Bertz CT molecular complexity index is 1210. The molecule has 0 saturated carbocycles. The van der Waals surface area contributed by atoms with E-state index in [1.165, 1.54) is 53.1 Å². The van der Waals surface area contributed by atoms with E-state index in [1.54, 1.807) is 6.07 Å². The molecule has 2 heterocycles. The van der Waals surface area contributed by atoms with E-state index in [0.717, 1.165) is 0 Å². The van der Waals surface area contributed by atoms with Gasteiger partial charge in [-0.15, -0.1) is 0 Å². The standard InChI is InChI=1S/C31H39F4N3O3/c1-20-23(9-8-10-25(20)32)26-24(28(40)21-11-13-22(39)14-12-21)19-38(18-5-4-15-36(2)3)29(31(33,34)35)27(26)30(41)37-16-6-7-17-37/h8-14,24,26-27,29,39H,4-7,15-19H2,1-3H3/t24-,26+,27-,29-/m0/s1. The Labute approximate surface area is 238 Å². The number of carbonyl (C=O) groups is 2. The van der Waals surface area contributed by atoms with Gasteiger partial charge in [0, 0.05) is 37.0 Å². The predicted octanol–water partition coefficient (Wildman–Crippen LogP) is 5.25. The highest BCUT2D eigenvalue weighted by Crippen LogP contribution is 2.49. The number of unbranched alkanes of at least 4 members (excludes halogenated alkanes) is 1. The van der Waals surface area contributed by atoms with E-state index in [9.17, 15) is 19.1 Å². The van der Waals surface area contributed by atoms with Crippen LogP contribution in [0.1, 0.15) is 53.1 Å². The lowest BCUT2D eigenvalue weighted by Crippen LogP contribution is -2.63. The molecule has 0 unspecified atom stereocenters. The van der Waals surface area contributed by atoms with Crippen LogP contribution < -0.4 is 0 Å². The number of hydrogen-bond acceptors (Lipinski definition) is 5. The van der Waals surface area contributed by atoms with Gasteiger partial charge in [-0.1, -0.05) is 12.1 Å². The summed E-state index contributed by atoms with van der Waals surface area (Å²) in [7, 11) is 3.78. The smallest absolute Gasteiger partial charge is 0.404 e. The molecular weight excluding hydrogens is 538 g/mol. The number of hydrogen-bond donors (Lipinski definition) is 1. The SMILES string of the molecule is Cc1c(F)cccc1[C@H]1[C@H](C(=O)N2CCCC2)[C@@H](C(F)(F)F)N(CCCCN(C)C)C[C@@H]1C(=O)c1ccc(O)cc1. The summed E-state index contributed by atoms with van der Waals surface area (Å²) in [6.07, 6.45) is -2.25. The lowest BCUT2D eigenvalue weighted by molar-refractivity contribution is -0.214. The summed E-state index contributed by atoms with van der Waals surface area (Å²) in [6, 6.07) is 7.65. The summed E-state index contributed by atoms with van der Waals surface area (Å²) in [4.78, 5) is 32.9. The molecular formula is C31H39F4N3O3. The second-order valence-corrected chi connectivity index (χ2v) is 11.5. The molecule has 0 aromatic heterocycles. The third-order valence-electron chi connectivity index (χ3n) is 8.48. The van der Waals surface area contributed by atoms with Gasteiger partial charge in [-0.3, -0.25) is 14.5 Å². The van der Waals surface area contributed by atoms with Crippen molar-refractivity contribution in [1.29, 1.82) is 0 Å². The van der Waals surface area contributed by atoms with Crippen molar-refractivity contribution in [3.8, 4) is 5.75 Å².